The van der Waals surface area contributed by atoms with E-state index in [-0.39, 0.29) is 23.8 Å². The normalized spacial score (nSPS) is 12.4. The third kappa shape index (κ3) is 6.41. The standard InChI is InChI=1S/C27H34N4O4/c1-16-15-31(23-13-19(10-12-21(16)23)26(35)30-27(3,4)5)17(2)25(34)29-22-14-20(28)11-9-18(22)7-6-8-24(32)33/h9-15,17H,6-8,28H2,1-5H3,(H,29,34)(H,30,35)(H,32,33). The summed E-state index contributed by atoms with van der Waals surface area (Å²) < 4.78 is 1.87. The minimum atomic E-state index is -0.856. The summed E-state index contributed by atoms with van der Waals surface area (Å²) in [6, 6.07) is 10.2. The molecule has 35 heavy (non-hydrogen) atoms. The lowest BCUT2D eigenvalue weighted by Gasteiger charge is -2.21. The second kappa shape index (κ2) is 10.2. The van der Waals surface area contributed by atoms with E-state index in [0.29, 0.717) is 29.8 Å². The molecule has 0 saturated heterocycles. The van der Waals surface area contributed by atoms with E-state index >= 15 is 0 Å². The van der Waals surface area contributed by atoms with E-state index in [1.165, 1.54) is 0 Å². The summed E-state index contributed by atoms with van der Waals surface area (Å²) in [4.78, 5) is 36.9. The van der Waals surface area contributed by atoms with Gasteiger partial charge in [-0.05, 0) is 82.9 Å². The number of carbonyl (C=O) groups excluding carboxylic acids is 2. The van der Waals surface area contributed by atoms with Crippen LogP contribution in [0, 0.1) is 6.92 Å². The Bertz CT molecular complexity index is 1270. The first-order valence-electron chi connectivity index (χ1n) is 11.7. The number of nitrogens with zero attached hydrogens (tertiary/aromatic N) is 1. The van der Waals surface area contributed by atoms with Crippen LogP contribution in [0.15, 0.2) is 42.6 Å². The van der Waals surface area contributed by atoms with Crippen LogP contribution in [0.4, 0.5) is 11.4 Å². The molecule has 0 fully saturated rings. The maximum absolute atomic E-state index is 13.3. The van der Waals surface area contributed by atoms with Crippen molar-refractivity contribution in [2.24, 2.45) is 0 Å². The van der Waals surface area contributed by atoms with Gasteiger partial charge in [-0.1, -0.05) is 12.1 Å². The van der Waals surface area contributed by atoms with Gasteiger partial charge in [0.25, 0.3) is 5.91 Å². The minimum Gasteiger partial charge on any atom is -0.481 e. The summed E-state index contributed by atoms with van der Waals surface area (Å²) in [6.45, 7) is 9.54. The van der Waals surface area contributed by atoms with E-state index in [4.69, 9.17) is 10.8 Å². The van der Waals surface area contributed by atoms with E-state index < -0.39 is 12.0 Å². The predicted molar refractivity (Wildman–Crippen MR) is 139 cm³/mol. The highest BCUT2D eigenvalue weighted by Gasteiger charge is 2.21. The number of hydrogen-bond acceptors (Lipinski definition) is 4. The summed E-state index contributed by atoms with van der Waals surface area (Å²) in [5.74, 6) is -1.27. The van der Waals surface area contributed by atoms with Crippen LogP contribution in [0.2, 0.25) is 0 Å². The van der Waals surface area contributed by atoms with E-state index in [2.05, 4.69) is 10.6 Å². The molecule has 1 atom stereocenters. The maximum Gasteiger partial charge on any atom is 0.303 e. The Morgan fingerprint density at radius 3 is 2.49 bits per heavy atom. The number of fused-ring (bicyclic) bond motifs is 1. The van der Waals surface area contributed by atoms with Crippen LogP contribution in [-0.4, -0.2) is 33.0 Å². The van der Waals surface area contributed by atoms with Crippen LogP contribution in [0.5, 0.6) is 0 Å². The first-order valence-corrected chi connectivity index (χ1v) is 11.7. The zero-order valence-electron chi connectivity index (χ0n) is 20.9. The van der Waals surface area contributed by atoms with Crippen molar-refractivity contribution in [2.75, 3.05) is 11.1 Å². The van der Waals surface area contributed by atoms with Gasteiger partial charge in [0, 0.05) is 46.0 Å². The van der Waals surface area contributed by atoms with Crippen molar-refractivity contribution >= 4 is 40.1 Å². The van der Waals surface area contributed by atoms with Gasteiger partial charge in [0.1, 0.15) is 6.04 Å². The number of benzene rings is 2. The highest BCUT2D eigenvalue weighted by molar-refractivity contribution is 6.00. The Labute approximate surface area is 205 Å². The molecule has 3 rings (SSSR count). The SMILES string of the molecule is Cc1cn(C(C)C(=O)Nc2cc(N)ccc2CCCC(=O)O)c2cc(C(=O)NC(C)(C)C)ccc12. The molecule has 3 aromatic rings. The molecule has 0 bridgehead atoms. The highest BCUT2D eigenvalue weighted by Crippen LogP contribution is 2.28. The molecule has 186 valence electrons. The summed E-state index contributed by atoms with van der Waals surface area (Å²) >= 11 is 0. The molecule has 5 N–H and O–H groups in total. The second-order valence-electron chi connectivity index (χ2n) is 9.98. The number of nitrogens with two attached hydrogens (primary N) is 1. The van der Waals surface area contributed by atoms with Crippen LogP contribution in [0.3, 0.4) is 0 Å². The molecular weight excluding hydrogens is 444 g/mol. The van der Waals surface area contributed by atoms with Gasteiger partial charge in [-0.25, -0.2) is 0 Å². The molecule has 8 nitrogen and oxygen atoms in total. The van der Waals surface area contributed by atoms with Crippen LogP contribution in [-0.2, 0) is 16.0 Å². The van der Waals surface area contributed by atoms with Crippen molar-refractivity contribution in [1.29, 1.82) is 0 Å². The first-order chi connectivity index (χ1) is 16.4. The van der Waals surface area contributed by atoms with Crippen molar-refractivity contribution in [2.45, 2.75) is 65.5 Å². The number of aryl methyl sites for hydroxylation is 2. The minimum absolute atomic E-state index is 0.0495. The summed E-state index contributed by atoms with van der Waals surface area (Å²) in [5.41, 5.74) is 9.81. The first kappa shape index (κ1) is 25.8. The zero-order chi connectivity index (χ0) is 25.9. The number of hydrogen-bond donors (Lipinski definition) is 4. The fourth-order valence-electron chi connectivity index (χ4n) is 4.02. The van der Waals surface area contributed by atoms with Gasteiger partial charge in [-0.15, -0.1) is 0 Å². The number of nitrogens with one attached hydrogen (secondary N) is 2. The summed E-state index contributed by atoms with van der Waals surface area (Å²) in [6.07, 6.45) is 2.92. The van der Waals surface area contributed by atoms with E-state index in [1.807, 2.05) is 56.7 Å². The Balaban J connectivity index is 1.88. The maximum atomic E-state index is 13.3. The molecule has 2 amide bonds. The number of amides is 2. The fraction of sp³-hybridized carbons (Fsp3) is 0.370. The number of nitrogen functional groups attached to an aromatic ring is 1. The van der Waals surface area contributed by atoms with Gasteiger partial charge in [-0.3, -0.25) is 14.4 Å². The molecule has 0 saturated carbocycles. The second-order valence-corrected chi connectivity index (χ2v) is 9.98. The lowest BCUT2D eigenvalue weighted by atomic mass is 10.0. The average Bonchev–Trinajstić information content (AvgIpc) is 3.09. The molecular formula is C27H34N4O4. The lowest BCUT2D eigenvalue weighted by Crippen LogP contribution is -2.40. The van der Waals surface area contributed by atoms with Crippen LogP contribution < -0.4 is 16.4 Å². The van der Waals surface area contributed by atoms with Gasteiger partial charge >= 0.3 is 5.97 Å². The van der Waals surface area contributed by atoms with E-state index in [1.54, 1.807) is 25.1 Å². The van der Waals surface area contributed by atoms with Crippen molar-refractivity contribution in [3.05, 3.63) is 59.3 Å². The molecule has 1 heterocycles. The van der Waals surface area contributed by atoms with Gasteiger partial charge in [0.15, 0.2) is 0 Å². The Morgan fingerprint density at radius 1 is 1.11 bits per heavy atom. The Kier molecular flexibility index (Phi) is 7.53. The van der Waals surface area contributed by atoms with Gasteiger partial charge in [0.2, 0.25) is 5.91 Å². The fourth-order valence-corrected chi connectivity index (χ4v) is 4.02. The lowest BCUT2D eigenvalue weighted by molar-refractivity contribution is -0.137. The average molecular weight is 479 g/mol. The number of anilines is 2. The monoisotopic (exact) mass is 478 g/mol. The van der Waals surface area contributed by atoms with Gasteiger partial charge in [0.05, 0.1) is 0 Å². The van der Waals surface area contributed by atoms with Crippen LogP contribution >= 0.6 is 0 Å². The molecule has 0 radical (unpaired) electrons. The molecule has 0 aliphatic rings. The van der Waals surface area contributed by atoms with Crippen LogP contribution in [0.1, 0.15) is 68.1 Å². The summed E-state index contributed by atoms with van der Waals surface area (Å²) in [5, 5.41) is 15.8. The third-order valence-corrected chi connectivity index (χ3v) is 5.81. The third-order valence-electron chi connectivity index (χ3n) is 5.81. The quantitative estimate of drug-likeness (QED) is 0.350. The Morgan fingerprint density at radius 2 is 1.83 bits per heavy atom. The summed E-state index contributed by atoms with van der Waals surface area (Å²) in [7, 11) is 0. The van der Waals surface area contributed by atoms with Gasteiger partial charge in [-0.2, -0.15) is 0 Å². The number of carbonyl (C=O) groups is 3. The number of carboxylic acids is 1. The number of rotatable bonds is 8. The van der Waals surface area contributed by atoms with E-state index in [9.17, 15) is 14.4 Å². The molecule has 1 unspecified atom stereocenters. The Hall–Kier alpha value is -3.81. The van der Waals surface area contributed by atoms with Crippen molar-refractivity contribution in [1.82, 2.24) is 9.88 Å². The van der Waals surface area contributed by atoms with Crippen molar-refractivity contribution in [3.8, 4) is 0 Å². The molecule has 0 spiro atoms. The molecule has 0 aliphatic heterocycles. The largest absolute Gasteiger partial charge is 0.481 e. The van der Waals surface area contributed by atoms with Gasteiger partial charge < -0.3 is 26.0 Å². The number of aromatic nitrogens is 1. The zero-order valence-corrected chi connectivity index (χ0v) is 20.9. The topological polar surface area (TPSA) is 126 Å². The predicted octanol–water partition coefficient (Wildman–Crippen LogP) is 4.67. The number of aliphatic carboxylic acids is 1. The molecule has 0 aliphatic carbocycles. The number of carboxylic acid groups (broad SMARTS) is 1. The highest BCUT2D eigenvalue weighted by atomic mass is 16.4. The molecule has 8 heteroatoms. The smallest absolute Gasteiger partial charge is 0.303 e. The molecule has 1 aromatic heterocycles. The van der Waals surface area contributed by atoms with Crippen molar-refractivity contribution < 1.29 is 19.5 Å². The van der Waals surface area contributed by atoms with E-state index in [0.717, 1.165) is 22.0 Å². The molecule has 2 aromatic carbocycles. The van der Waals surface area contributed by atoms with Crippen LogP contribution in [0.25, 0.3) is 10.9 Å². The van der Waals surface area contributed by atoms with Crippen molar-refractivity contribution in [3.63, 3.8) is 0 Å².